The van der Waals surface area contributed by atoms with Gasteiger partial charge in [0.15, 0.2) is 5.78 Å². The SMILES string of the molecule is O=C1CCCCCC1=C1CCCC1. The van der Waals surface area contributed by atoms with Gasteiger partial charge in [0.2, 0.25) is 0 Å². The van der Waals surface area contributed by atoms with E-state index in [4.69, 9.17) is 0 Å². The second kappa shape index (κ2) is 4.08. The van der Waals surface area contributed by atoms with Crippen molar-refractivity contribution in [3.05, 3.63) is 11.1 Å². The molecule has 0 radical (unpaired) electrons. The highest BCUT2D eigenvalue weighted by molar-refractivity contribution is 5.96. The van der Waals surface area contributed by atoms with Gasteiger partial charge in [-0.1, -0.05) is 12.0 Å². The number of Topliss-reactive ketones (excluding diaryl/α,β-unsaturated/α-hetero) is 1. The summed E-state index contributed by atoms with van der Waals surface area (Å²) in [7, 11) is 0. The molecule has 2 aliphatic rings. The van der Waals surface area contributed by atoms with Crippen molar-refractivity contribution in [3.8, 4) is 0 Å². The molecule has 2 fully saturated rings. The van der Waals surface area contributed by atoms with Gasteiger partial charge in [0.25, 0.3) is 0 Å². The van der Waals surface area contributed by atoms with E-state index in [1.807, 2.05) is 0 Å². The summed E-state index contributed by atoms with van der Waals surface area (Å²) in [5.41, 5.74) is 2.74. The zero-order chi connectivity index (χ0) is 9.10. The Bertz CT molecular complexity index is 230. The smallest absolute Gasteiger partial charge is 0.158 e. The summed E-state index contributed by atoms with van der Waals surface area (Å²) in [5, 5.41) is 0. The van der Waals surface area contributed by atoms with Gasteiger partial charge in [-0.05, 0) is 50.5 Å². The van der Waals surface area contributed by atoms with Crippen molar-refractivity contribution in [2.24, 2.45) is 0 Å². The van der Waals surface area contributed by atoms with E-state index in [2.05, 4.69) is 0 Å². The summed E-state index contributed by atoms with van der Waals surface area (Å²) in [5.74, 6) is 0.467. The maximum atomic E-state index is 11.7. The lowest BCUT2D eigenvalue weighted by atomic mass is 9.99. The van der Waals surface area contributed by atoms with Crippen molar-refractivity contribution in [2.75, 3.05) is 0 Å². The number of carbonyl (C=O) groups is 1. The van der Waals surface area contributed by atoms with Crippen molar-refractivity contribution in [3.63, 3.8) is 0 Å². The van der Waals surface area contributed by atoms with Crippen LogP contribution < -0.4 is 0 Å². The molecule has 0 atom stereocenters. The second-order valence-electron chi connectivity index (χ2n) is 4.27. The molecule has 0 N–H and O–H groups in total. The number of ketones is 1. The van der Waals surface area contributed by atoms with Crippen molar-refractivity contribution in [1.29, 1.82) is 0 Å². The molecule has 0 unspecified atom stereocenters. The third-order valence-electron chi connectivity index (χ3n) is 3.30. The lowest BCUT2D eigenvalue weighted by Crippen LogP contribution is -2.02. The highest BCUT2D eigenvalue weighted by Gasteiger charge is 2.19. The Morgan fingerprint density at radius 3 is 2.08 bits per heavy atom. The monoisotopic (exact) mass is 178 g/mol. The molecule has 0 saturated heterocycles. The molecule has 0 aliphatic heterocycles. The van der Waals surface area contributed by atoms with E-state index in [-0.39, 0.29) is 0 Å². The molecule has 0 aromatic heterocycles. The molecule has 72 valence electrons. The Morgan fingerprint density at radius 2 is 1.31 bits per heavy atom. The first-order valence-corrected chi connectivity index (χ1v) is 5.62. The zero-order valence-electron chi connectivity index (χ0n) is 8.27. The van der Waals surface area contributed by atoms with Gasteiger partial charge in [0.1, 0.15) is 0 Å². The van der Waals surface area contributed by atoms with Crippen molar-refractivity contribution < 1.29 is 4.79 Å². The standard InChI is InChI=1S/C12H18O/c13-12-9-3-1-2-8-11(12)10-6-4-5-7-10/h1-9H2. The van der Waals surface area contributed by atoms with Gasteiger partial charge in [0, 0.05) is 6.42 Å². The van der Waals surface area contributed by atoms with Gasteiger partial charge in [-0.3, -0.25) is 4.79 Å². The van der Waals surface area contributed by atoms with E-state index in [0.29, 0.717) is 5.78 Å². The van der Waals surface area contributed by atoms with Crippen LogP contribution in [-0.2, 0) is 4.79 Å². The predicted octanol–water partition coefficient (Wildman–Crippen LogP) is 3.39. The maximum absolute atomic E-state index is 11.7. The van der Waals surface area contributed by atoms with Crippen molar-refractivity contribution in [1.82, 2.24) is 0 Å². The predicted molar refractivity (Wildman–Crippen MR) is 53.6 cm³/mol. The number of allylic oxidation sites excluding steroid dienone is 2. The minimum atomic E-state index is 0.467. The van der Waals surface area contributed by atoms with Crippen LogP contribution in [0.15, 0.2) is 11.1 Å². The molecule has 0 spiro atoms. The minimum Gasteiger partial charge on any atom is -0.295 e. The number of hydrogen-bond acceptors (Lipinski definition) is 1. The van der Waals surface area contributed by atoms with Crippen LogP contribution in [0.4, 0.5) is 0 Å². The van der Waals surface area contributed by atoms with Crippen LogP contribution in [-0.4, -0.2) is 5.78 Å². The van der Waals surface area contributed by atoms with Crippen LogP contribution in [0.2, 0.25) is 0 Å². The quantitative estimate of drug-likeness (QED) is 0.410. The molecule has 0 aromatic rings. The fraction of sp³-hybridized carbons (Fsp3) is 0.750. The minimum absolute atomic E-state index is 0.467. The largest absolute Gasteiger partial charge is 0.295 e. The van der Waals surface area contributed by atoms with Crippen molar-refractivity contribution in [2.45, 2.75) is 57.8 Å². The molecule has 0 heterocycles. The first kappa shape index (κ1) is 8.98. The Hall–Kier alpha value is -0.590. The Labute approximate surface area is 80.2 Å². The van der Waals surface area contributed by atoms with Gasteiger partial charge in [-0.25, -0.2) is 0 Å². The fourth-order valence-corrected chi connectivity index (χ4v) is 2.53. The topological polar surface area (TPSA) is 17.1 Å². The third-order valence-corrected chi connectivity index (χ3v) is 3.30. The molecule has 2 saturated carbocycles. The highest BCUT2D eigenvalue weighted by atomic mass is 16.1. The van der Waals surface area contributed by atoms with Crippen LogP contribution in [0.1, 0.15) is 57.8 Å². The Morgan fingerprint density at radius 1 is 0.692 bits per heavy atom. The summed E-state index contributed by atoms with van der Waals surface area (Å²) < 4.78 is 0. The first-order chi connectivity index (χ1) is 6.38. The zero-order valence-corrected chi connectivity index (χ0v) is 8.27. The number of carbonyl (C=O) groups excluding carboxylic acids is 1. The average molecular weight is 178 g/mol. The van der Waals surface area contributed by atoms with Crippen molar-refractivity contribution >= 4 is 5.78 Å². The molecule has 13 heavy (non-hydrogen) atoms. The van der Waals surface area contributed by atoms with Gasteiger partial charge < -0.3 is 0 Å². The Balaban J connectivity index is 2.17. The highest BCUT2D eigenvalue weighted by Crippen LogP contribution is 2.31. The summed E-state index contributed by atoms with van der Waals surface area (Å²) >= 11 is 0. The summed E-state index contributed by atoms with van der Waals surface area (Å²) in [6.07, 6.45) is 10.6. The molecule has 2 rings (SSSR count). The Kier molecular flexibility index (Phi) is 2.82. The summed E-state index contributed by atoms with van der Waals surface area (Å²) in [6, 6.07) is 0. The molecule has 1 nitrogen and oxygen atoms in total. The maximum Gasteiger partial charge on any atom is 0.158 e. The van der Waals surface area contributed by atoms with Crippen LogP contribution in [0.5, 0.6) is 0 Å². The molecule has 0 bridgehead atoms. The molecule has 0 amide bonds. The lowest BCUT2D eigenvalue weighted by molar-refractivity contribution is -0.115. The summed E-state index contributed by atoms with van der Waals surface area (Å²) in [6.45, 7) is 0. The van der Waals surface area contributed by atoms with E-state index in [1.165, 1.54) is 49.7 Å². The summed E-state index contributed by atoms with van der Waals surface area (Å²) in [4.78, 5) is 11.7. The van der Waals surface area contributed by atoms with Crippen LogP contribution >= 0.6 is 0 Å². The lowest BCUT2D eigenvalue weighted by Gasteiger charge is -2.06. The number of hydrogen-bond donors (Lipinski definition) is 0. The van der Waals surface area contributed by atoms with E-state index in [9.17, 15) is 4.79 Å². The van der Waals surface area contributed by atoms with E-state index >= 15 is 0 Å². The molecular formula is C12H18O. The molecule has 0 aromatic carbocycles. The van der Waals surface area contributed by atoms with Gasteiger partial charge in [-0.15, -0.1) is 0 Å². The normalized spacial score (nSPS) is 25.1. The van der Waals surface area contributed by atoms with Gasteiger partial charge in [-0.2, -0.15) is 0 Å². The number of rotatable bonds is 0. The first-order valence-electron chi connectivity index (χ1n) is 5.62. The van der Waals surface area contributed by atoms with E-state index in [0.717, 1.165) is 19.3 Å². The molecule has 2 aliphatic carbocycles. The van der Waals surface area contributed by atoms with E-state index in [1.54, 1.807) is 0 Å². The van der Waals surface area contributed by atoms with Crippen LogP contribution in [0.25, 0.3) is 0 Å². The third kappa shape index (κ3) is 2.01. The average Bonchev–Trinajstić information content (AvgIpc) is 2.56. The second-order valence-corrected chi connectivity index (χ2v) is 4.27. The van der Waals surface area contributed by atoms with Crippen LogP contribution in [0, 0.1) is 0 Å². The van der Waals surface area contributed by atoms with Crippen LogP contribution in [0.3, 0.4) is 0 Å². The van der Waals surface area contributed by atoms with Gasteiger partial charge in [0.05, 0.1) is 0 Å². The van der Waals surface area contributed by atoms with Gasteiger partial charge >= 0.3 is 0 Å². The molecule has 1 heteroatoms. The van der Waals surface area contributed by atoms with E-state index < -0.39 is 0 Å². The fourth-order valence-electron chi connectivity index (χ4n) is 2.53. The molecular weight excluding hydrogens is 160 g/mol.